The average Bonchev–Trinajstić information content (AvgIpc) is 2.74. The van der Waals surface area contributed by atoms with Gasteiger partial charge in [-0.25, -0.2) is 0 Å². The van der Waals surface area contributed by atoms with E-state index in [4.69, 9.17) is 0 Å². The van der Waals surface area contributed by atoms with Gasteiger partial charge in [0.25, 0.3) is 5.91 Å². The van der Waals surface area contributed by atoms with Gasteiger partial charge in [0.1, 0.15) is 0 Å². The molecule has 2 nitrogen and oxygen atoms in total. The van der Waals surface area contributed by atoms with Crippen LogP contribution in [0.4, 0.5) is 13.2 Å². The molecule has 0 aromatic heterocycles. The molecule has 1 atom stereocenters. The standard InChI is InChI=1S/C12H10Br2F3NO/c13-8-3-4-18(6-8)11(19)7-1-2-10(14)9(5-7)12(15,16)17/h1-2,5,8H,3-4,6H2. The minimum absolute atomic E-state index is 0.0589. The van der Waals surface area contributed by atoms with Gasteiger partial charge in [0, 0.05) is 28.0 Å². The summed E-state index contributed by atoms with van der Waals surface area (Å²) >= 11 is 6.25. The van der Waals surface area contributed by atoms with Crippen LogP contribution in [0, 0.1) is 0 Å². The van der Waals surface area contributed by atoms with Crippen LogP contribution in [0.25, 0.3) is 0 Å². The Balaban J connectivity index is 2.28. The van der Waals surface area contributed by atoms with Crippen LogP contribution >= 0.6 is 31.9 Å². The first-order valence-electron chi connectivity index (χ1n) is 5.59. The summed E-state index contributed by atoms with van der Waals surface area (Å²) in [6.07, 6.45) is -3.66. The van der Waals surface area contributed by atoms with Gasteiger partial charge in [0.15, 0.2) is 0 Å². The van der Waals surface area contributed by atoms with E-state index >= 15 is 0 Å². The molecule has 1 aliphatic rings. The van der Waals surface area contributed by atoms with E-state index in [0.717, 1.165) is 12.5 Å². The second-order valence-corrected chi connectivity index (χ2v) is 6.48. The van der Waals surface area contributed by atoms with Gasteiger partial charge in [0.05, 0.1) is 5.56 Å². The molecule has 1 aliphatic heterocycles. The van der Waals surface area contributed by atoms with Gasteiger partial charge in [0.2, 0.25) is 0 Å². The zero-order chi connectivity index (χ0) is 14.2. The number of carbonyl (C=O) groups is 1. The van der Waals surface area contributed by atoms with Crippen LogP contribution in [0.5, 0.6) is 0 Å². The third-order valence-electron chi connectivity index (χ3n) is 2.94. The second kappa shape index (κ2) is 5.44. The Hall–Kier alpha value is -0.560. The molecule has 1 fully saturated rings. The molecular weight excluding hydrogens is 391 g/mol. The van der Waals surface area contributed by atoms with Crippen LogP contribution in [-0.2, 0) is 6.18 Å². The van der Waals surface area contributed by atoms with Crippen molar-refractivity contribution in [1.29, 1.82) is 0 Å². The Labute approximate surface area is 125 Å². The maximum atomic E-state index is 12.8. The number of carbonyl (C=O) groups excluding carboxylic acids is 1. The Morgan fingerprint density at radius 1 is 1.37 bits per heavy atom. The Bertz CT molecular complexity index is 504. The Morgan fingerprint density at radius 3 is 2.58 bits per heavy atom. The number of halogens is 5. The quantitative estimate of drug-likeness (QED) is 0.650. The zero-order valence-corrected chi connectivity index (χ0v) is 12.8. The molecule has 2 rings (SSSR count). The summed E-state index contributed by atoms with van der Waals surface area (Å²) in [6.45, 7) is 1.09. The van der Waals surface area contributed by atoms with Crippen LogP contribution in [0.1, 0.15) is 22.3 Å². The molecule has 1 amide bonds. The minimum Gasteiger partial charge on any atom is -0.337 e. The smallest absolute Gasteiger partial charge is 0.337 e. The van der Waals surface area contributed by atoms with Gasteiger partial charge in [-0.05, 0) is 24.6 Å². The SMILES string of the molecule is O=C(c1ccc(Br)c(C(F)(F)F)c1)N1CCC(Br)C1. The highest BCUT2D eigenvalue weighted by Crippen LogP contribution is 2.35. The highest BCUT2D eigenvalue weighted by atomic mass is 79.9. The van der Waals surface area contributed by atoms with Crippen molar-refractivity contribution in [3.8, 4) is 0 Å². The van der Waals surface area contributed by atoms with Crippen LogP contribution in [0.2, 0.25) is 0 Å². The third-order valence-corrected chi connectivity index (χ3v) is 4.38. The summed E-state index contributed by atoms with van der Waals surface area (Å²) in [5, 5.41) is 0. The Kier molecular flexibility index (Phi) is 4.25. The molecule has 0 spiro atoms. The number of likely N-dealkylation sites (tertiary alicyclic amines) is 1. The number of benzene rings is 1. The van der Waals surface area contributed by atoms with E-state index in [9.17, 15) is 18.0 Å². The monoisotopic (exact) mass is 399 g/mol. The van der Waals surface area contributed by atoms with Gasteiger partial charge in [-0.1, -0.05) is 31.9 Å². The predicted molar refractivity (Wildman–Crippen MR) is 72.4 cm³/mol. The lowest BCUT2D eigenvalue weighted by Gasteiger charge is -2.17. The number of rotatable bonds is 1. The fourth-order valence-corrected chi connectivity index (χ4v) is 2.99. The normalized spacial score (nSPS) is 19.8. The lowest BCUT2D eigenvalue weighted by Crippen LogP contribution is -2.29. The highest BCUT2D eigenvalue weighted by molar-refractivity contribution is 9.10. The first-order chi connectivity index (χ1) is 8.79. The van der Waals surface area contributed by atoms with E-state index in [0.29, 0.717) is 13.1 Å². The van der Waals surface area contributed by atoms with Crippen LogP contribution < -0.4 is 0 Å². The molecule has 1 unspecified atom stereocenters. The van der Waals surface area contributed by atoms with E-state index in [1.54, 1.807) is 4.90 Å². The topological polar surface area (TPSA) is 20.3 Å². The molecule has 1 saturated heterocycles. The van der Waals surface area contributed by atoms with Gasteiger partial charge in [-0.2, -0.15) is 13.2 Å². The van der Waals surface area contributed by atoms with Crippen molar-refractivity contribution in [1.82, 2.24) is 4.90 Å². The number of alkyl halides is 4. The first kappa shape index (κ1) is 14.8. The van der Waals surface area contributed by atoms with E-state index < -0.39 is 11.7 Å². The largest absolute Gasteiger partial charge is 0.417 e. The zero-order valence-electron chi connectivity index (χ0n) is 9.68. The molecule has 0 bridgehead atoms. The molecule has 0 N–H and O–H groups in total. The second-order valence-electron chi connectivity index (χ2n) is 4.33. The molecule has 7 heteroatoms. The lowest BCUT2D eigenvalue weighted by atomic mass is 10.1. The van der Waals surface area contributed by atoms with Crippen molar-refractivity contribution in [3.63, 3.8) is 0 Å². The van der Waals surface area contributed by atoms with Crippen molar-refractivity contribution in [2.75, 3.05) is 13.1 Å². The summed E-state index contributed by atoms with van der Waals surface area (Å²) in [5.74, 6) is -0.361. The maximum Gasteiger partial charge on any atom is 0.417 e. The first-order valence-corrected chi connectivity index (χ1v) is 7.30. The van der Waals surface area contributed by atoms with Crippen molar-refractivity contribution >= 4 is 37.8 Å². The van der Waals surface area contributed by atoms with E-state index in [2.05, 4.69) is 31.9 Å². The van der Waals surface area contributed by atoms with E-state index in [-0.39, 0.29) is 20.8 Å². The highest BCUT2D eigenvalue weighted by Gasteiger charge is 2.34. The molecule has 1 aromatic rings. The van der Waals surface area contributed by atoms with Crippen molar-refractivity contribution in [3.05, 3.63) is 33.8 Å². The van der Waals surface area contributed by atoms with Crippen molar-refractivity contribution < 1.29 is 18.0 Å². The van der Waals surface area contributed by atoms with Crippen LogP contribution in [0.15, 0.2) is 22.7 Å². The fourth-order valence-electron chi connectivity index (χ4n) is 1.96. The Morgan fingerprint density at radius 2 is 2.05 bits per heavy atom. The molecule has 0 saturated carbocycles. The van der Waals surface area contributed by atoms with E-state index in [1.165, 1.54) is 12.1 Å². The summed E-state index contributed by atoms with van der Waals surface area (Å²) in [6, 6.07) is 3.56. The van der Waals surface area contributed by atoms with Crippen molar-refractivity contribution in [2.24, 2.45) is 0 Å². The number of nitrogens with zero attached hydrogens (tertiary/aromatic N) is 1. The van der Waals surface area contributed by atoms with Gasteiger partial charge in [-0.3, -0.25) is 4.79 Å². The summed E-state index contributed by atoms with van der Waals surface area (Å²) in [7, 11) is 0. The summed E-state index contributed by atoms with van der Waals surface area (Å²) in [5.41, 5.74) is -0.759. The molecule has 0 aliphatic carbocycles. The minimum atomic E-state index is -4.47. The van der Waals surface area contributed by atoms with Crippen LogP contribution in [-0.4, -0.2) is 28.7 Å². The van der Waals surface area contributed by atoms with Crippen LogP contribution in [0.3, 0.4) is 0 Å². The number of hydrogen-bond donors (Lipinski definition) is 0. The summed E-state index contributed by atoms with van der Waals surface area (Å²) in [4.78, 5) is 13.9. The van der Waals surface area contributed by atoms with Gasteiger partial charge >= 0.3 is 6.18 Å². The molecule has 104 valence electrons. The summed E-state index contributed by atoms with van der Waals surface area (Å²) < 4.78 is 38.2. The number of hydrogen-bond acceptors (Lipinski definition) is 1. The maximum absolute atomic E-state index is 12.8. The fraction of sp³-hybridized carbons (Fsp3) is 0.417. The molecule has 19 heavy (non-hydrogen) atoms. The molecule has 1 aromatic carbocycles. The lowest BCUT2D eigenvalue weighted by molar-refractivity contribution is -0.138. The van der Waals surface area contributed by atoms with Gasteiger partial charge in [-0.15, -0.1) is 0 Å². The van der Waals surface area contributed by atoms with Crippen molar-refractivity contribution in [2.45, 2.75) is 17.4 Å². The average molecular weight is 401 g/mol. The molecular formula is C12H10Br2F3NO. The van der Waals surface area contributed by atoms with Gasteiger partial charge < -0.3 is 4.90 Å². The molecule has 1 heterocycles. The third kappa shape index (κ3) is 3.31. The van der Waals surface area contributed by atoms with E-state index in [1.807, 2.05) is 0 Å². The molecule has 0 radical (unpaired) electrons. The predicted octanol–water partition coefficient (Wildman–Crippen LogP) is 4.08. The number of amides is 1.